The van der Waals surface area contributed by atoms with Gasteiger partial charge in [-0.25, -0.2) is 13.8 Å². The van der Waals surface area contributed by atoms with Crippen LogP contribution in [0, 0.1) is 18.6 Å². The largest absolute Gasteiger partial charge is 0.333 e. The minimum Gasteiger partial charge on any atom is -0.333 e. The monoisotopic (exact) mass is 470 g/mol. The molecule has 0 aliphatic heterocycles. The van der Waals surface area contributed by atoms with Crippen molar-refractivity contribution in [2.24, 2.45) is 0 Å². The van der Waals surface area contributed by atoms with Gasteiger partial charge in [0.25, 0.3) is 11.4 Å². The number of halogens is 3. The second-order valence-corrected chi connectivity index (χ2v) is 8.50. The van der Waals surface area contributed by atoms with Crippen LogP contribution in [0.3, 0.4) is 0 Å². The molecule has 0 atom stereocenters. The van der Waals surface area contributed by atoms with E-state index in [4.69, 9.17) is 16.1 Å². The predicted molar refractivity (Wildman–Crippen MR) is 118 cm³/mol. The van der Waals surface area contributed by atoms with E-state index in [0.29, 0.717) is 42.6 Å². The zero-order valence-electron chi connectivity index (χ0n) is 16.5. The van der Waals surface area contributed by atoms with Crippen molar-refractivity contribution < 1.29 is 13.3 Å². The molecule has 0 aliphatic rings. The lowest BCUT2D eigenvalue weighted by molar-refractivity contribution is 0.433. The van der Waals surface area contributed by atoms with Gasteiger partial charge < -0.3 is 4.52 Å². The second-order valence-electron chi connectivity index (χ2n) is 7.09. The van der Waals surface area contributed by atoms with Crippen molar-refractivity contribution in [1.29, 1.82) is 0 Å². The highest BCUT2D eigenvalue weighted by atomic mass is 35.5. The molecule has 3 heterocycles. The van der Waals surface area contributed by atoms with Crippen LogP contribution in [0.5, 0.6) is 0 Å². The Bertz CT molecular complexity index is 1520. The van der Waals surface area contributed by atoms with Crippen molar-refractivity contribution >= 4 is 33.2 Å². The van der Waals surface area contributed by atoms with Crippen molar-refractivity contribution in [3.8, 4) is 22.2 Å². The molecule has 0 unspecified atom stereocenters. The Balaban J connectivity index is 1.56. The van der Waals surface area contributed by atoms with Gasteiger partial charge in [-0.1, -0.05) is 28.9 Å². The first-order valence-electron chi connectivity index (χ1n) is 9.43. The molecule has 32 heavy (non-hydrogen) atoms. The summed E-state index contributed by atoms with van der Waals surface area (Å²) in [4.78, 5) is 23.0. The molecule has 10 heteroatoms. The van der Waals surface area contributed by atoms with Gasteiger partial charge in [0, 0.05) is 11.6 Å². The number of hydrogen-bond donors (Lipinski definition) is 0. The molecule has 0 amide bonds. The first-order chi connectivity index (χ1) is 15.4. The maximum absolute atomic E-state index is 13.5. The number of aryl methyl sites for hydroxylation is 1. The Labute approximate surface area is 188 Å². The van der Waals surface area contributed by atoms with E-state index in [1.807, 2.05) is 6.07 Å². The average molecular weight is 471 g/mol. The molecule has 0 saturated heterocycles. The lowest BCUT2D eigenvalue weighted by atomic mass is 10.2. The zero-order chi connectivity index (χ0) is 22.4. The molecular weight excluding hydrogens is 458 g/mol. The normalized spacial score (nSPS) is 11.4. The molecule has 0 saturated carbocycles. The summed E-state index contributed by atoms with van der Waals surface area (Å²) >= 11 is 7.46. The quantitative estimate of drug-likeness (QED) is 0.348. The highest BCUT2D eigenvalue weighted by Gasteiger charge is 2.21. The van der Waals surface area contributed by atoms with Crippen LogP contribution in [0.25, 0.3) is 32.4 Å². The summed E-state index contributed by atoms with van der Waals surface area (Å²) < 4.78 is 33.8. The summed E-state index contributed by atoms with van der Waals surface area (Å²) in [6.07, 6.45) is 1.36. The van der Waals surface area contributed by atoms with Crippen LogP contribution in [0.2, 0.25) is 5.02 Å². The van der Waals surface area contributed by atoms with Gasteiger partial charge in [0.15, 0.2) is 0 Å². The first-order valence-corrected chi connectivity index (χ1v) is 10.6. The Morgan fingerprint density at radius 3 is 2.66 bits per heavy atom. The topological polar surface area (TPSA) is 73.8 Å². The SMILES string of the molecule is Cc1c(-c2nc(-c3ccccc3Cl)no2)sc2ncn(Cc3cc(F)cc(F)c3)c(=O)c12. The van der Waals surface area contributed by atoms with E-state index in [9.17, 15) is 13.6 Å². The van der Waals surface area contributed by atoms with Crippen LogP contribution in [0.4, 0.5) is 8.78 Å². The smallest absolute Gasteiger partial charge is 0.268 e. The van der Waals surface area contributed by atoms with E-state index < -0.39 is 11.6 Å². The van der Waals surface area contributed by atoms with Crippen molar-refractivity contribution in [1.82, 2.24) is 19.7 Å². The fraction of sp³-hybridized carbons (Fsp3) is 0.0909. The van der Waals surface area contributed by atoms with Crippen LogP contribution >= 0.6 is 22.9 Å². The summed E-state index contributed by atoms with van der Waals surface area (Å²) in [6, 6.07) is 10.3. The number of thiophene rings is 1. The Morgan fingerprint density at radius 1 is 1.16 bits per heavy atom. The van der Waals surface area contributed by atoms with Crippen LogP contribution < -0.4 is 5.56 Å². The molecule has 5 rings (SSSR count). The minimum atomic E-state index is -0.707. The number of fused-ring (bicyclic) bond motifs is 1. The lowest BCUT2D eigenvalue weighted by Gasteiger charge is -2.06. The summed E-state index contributed by atoms with van der Waals surface area (Å²) in [6.45, 7) is 1.75. The molecule has 0 spiro atoms. The van der Waals surface area contributed by atoms with Gasteiger partial charge in [-0.05, 0) is 42.3 Å². The van der Waals surface area contributed by atoms with Gasteiger partial charge in [-0.3, -0.25) is 9.36 Å². The van der Waals surface area contributed by atoms with E-state index in [-0.39, 0.29) is 18.0 Å². The van der Waals surface area contributed by atoms with Crippen LogP contribution in [-0.4, -0.2) is 19.7 Å². The van der Waals surface area contributed by atoms with E-state index >= 15 is 0 Å². The standard InChI is InChI=1S/C22H13ClF2N4O2S/c1-11-17-21(26-10-29(22(17)30)9-12-6-13(24)8-14(25)7-12)32-18(11)20-27-19(28-31-20)15-4-2-3-5-16(15)23/h2-8,10H,9H2,1H3. The maximum Gasteiger partial charge on any atom is 0.268 e. The summed E-state index contributed by atoms with van der Waals surface area (Å²) in [5.41, 5.74) is 1.26. The third-order valence-electron chi connectivity index (χ3n) is 4.93. The van der Waals surface area contributed by atoms with Crippen LogP contribution in [0.1, 0.15) is 11.1 Å². The number of benzene rings is 2. The number of hydrogen-bond acceptors (Lipinski definition) is 6. The second kappa shape index (κ2) is 7.92. The third-order valence-corrected chi connectivity index (χ3v) is 6.44. The predicted octanol–water partition coefficient (Wildman–Crippen LogP) is 5.46. The van der Waals surface area contributed by atoms with Gasteiger partial charge >= 0.3 is 0 Å². The third kappa shape index (κ3) is 3.59. The fourth-order valence-electron chi connectivity index (χ4n) is 3.44. The molecule has 0 radical (unpaired) electrons. The molecule has 2 aromatic carbocycles. The van der Waals surface area contributed by atoms with Crippen molar-refractivity contribution in [2.45, 2.75) is 13.5 Å². The molecular formula is C22H13ClF2N4O2S. The highest BCUT2D eigenvalue weighted by Crippen LogP contribution is 2.36. The van der Waals surface area contributed by atoms with E-state index in [1.54, 1.807) is 25.1 Å². The van der Waals surface area contributed by atoms with Crippen molar-refractivity contribution in [3.05, 3.63) is 86.9 Å². The molecule has 5 aromatic rings. The summed E-state index contributed by atoms with van der Waals surface area (Å²) in [5.74, 6) is -0.830. The average Bonchev–Trinajstić information content (AvgIpc) is 3.35. The lowest BCUT2D eigenvalue weighted by Crippen LogP contribution is -2.21. The number of nitrogens with zero attached hydrogens (tertiary/aromatic N) is 4. The van der Waals surface area contributed by atoms with Gasteiger partial charge in [-0.2, -0.15) is 4.98 Å². The summed E-state index contributed by atoms with van der Waals surface area (Å²) in [5, 5.41) is 4.89. The van der Waals surface area contributed by atoms with Crippen LogP contribution in [0.15, 0.2) is 58.1 Å². The Hall–Kier alpha value is -3.43. The first kappa shape index (κ1) is 20.5. The molecule has 0 fully saturated rings. The van der Waals surface area contributed by atoms with E-state index in [2.05, 4.69) is 15.1 Å². The van der Waals surface area contributed by atoms with Gasteiger partial charge in [0.05, 0.1) is 28.2 Å². The molecule has 0 bridgehead atoms. The Kier molecular flexibility index (Phi) is 5.07. The molecule has 0 aliphatic carbocycles. The maximum atomic E-state index is 13.5. The van der Waals surface area contributed by atoms with E-state index in [1.165, 1.54) is 34.4 Å². The zero-order valence-corrected chi connectivity index (χ0v) is 18.0. The van der Waals surface area contributed by atoms with Gasteiger partial charge in [0.2, 0.25) is 5.82 Å². The number of rotatable bonds is 4. The fourth-order valence-corrected chi connectivity index (χ4v) is 4.72. The number of aromatic nitrogens is 4. The Morgan fingerprint density at radius 2 is 1.91 bits per heavy atom. The highest BCUT2D eigenvalue weighted by molar-refractivity contribution is 7.22. The van der Waals surface area contributed by atoms with Crippen LogP contribution in [-0.2, 0) is 6.54 Å². The van der Waals surface area contributed by atoms with Gasteiger partial charge in [-0.15, -0.1) is 11.3 Å². The molecule has 6 nitrogen and oxygen atoms in total. The molecule has 0 N–H and O–H groups in total. The van der Waals surface area contributed by atoms with Crippen molar-refractivity contribution in [2.75, 3.05) is 0 Å². The van der Waals surface area contributed by atoms with Gasteiger partial charge in [0.1, 0.15) is 16.5 Å². The van der Waals surface area contributed by atoms with Crippen molar-refractivity contribution in [3.63, 3.8) is 0 Å². The molecule has 3 aromatic heterocycles. The summed E-state index contributed by atoms with van der Waals surface area (Å²) in [7, 11) is 0. The van der Waals surface area contributed by atoms with E-state index in [0.717, 1.165) is 6.07 Å². The minimum absolute atomic E-state index is 0.0156. The molecule has 160 valence electrons.